The number of hydrogen-bond donors (Lipinski definition) is 2. The zero-order valence-electron chi connectivity index (χ0n) is 14.2. The molecule has 0 atom stereocenters. The molecule has 2 N–H and O–H groups in total. The summed E-state index contributed by atoms with van der Waals surface area (Å²) in [4.78, 5) is 10.7. The van der Waals surface area contributed by atoms with Crippen molar-refractivity contribution in [1.82, 2.24) is 0 Å². The van der Waals surface area contributed by atoms with E-state index >= 15 is 0 Å². The Balaban J connectivity index is 1.91. The average molecular weight is 382 g/mol. The molecule has 0 unspecified atom stereocenters. The number of aromatic hydroxyl groups is 1. The Kier molecular flexibility index (Phi) is 5.68. The van der Waals surface area contributed by atoms with Gasteiger partial charge in [0.2, 0.25) is 5.75 Å². The Morgan fingerprint density at radius 1 is 1.11 bits per heavy atom. The highest BCUT2D eigenvalue weighted by Gasteiger charge is 2.18. The molecule has 0 heterocycles. The number of nitro groups is 1. The number of hydrazone groups is 1. The molecule has 0 spiro atoms. The van der Waals surface area contributed by atoms with Crippen LogP contribution in [-0.2, 0) is 6.42 Å². The fraction of sp³-hybridized carbons (Fsp3) is 0.0500. The molecule has 0 radical (unpaired) electrons. The number of nitrogens with zero attached hydrogens (tertiary/aromatic N) is 2. The van der Waals surface area contributed by atoms with Crippen molar-refractivity contribution in [1.29, 1.82) is 0 Å². The second-order valence-corrected chi connectivity index (χ2v) is 6.22. The van der Waals surface area contributed by atoms with Gasteiger partial charge in [0.25, 0.3) is 0 Å². The molecule has 3 aromatic carbocycles. The monoisotopic (exact) mass is 381 g/mol. The summed E-state index contributed by atoms with van der Waals surface area (Å²) >= 11 is 6.18. The Morgan fingerprint density at radius 3 is 2.52 bits per heavy atom. The van der Waals surface area contributed by atoms with E-state index in [1.54, 1.807) is 12.1 Å². The van der Waals surface area contributed by atoms with E-state index in [4.69, 9.17) is 11.6 Å². The van der Waals surface area contributed by atoms with Gasteiger partial charge >= 0.3 is 5.69 Å². The van der Waals surface area contributed by atoms with E-state index < -0.39 is 10.7 Å². The van der Waals surface area contributed by atoms with Gasteiger partial charge in [-0.1, -0.05) is 48.0 Å². The molecule has 0 aromatic heterocycles. The summed E-state index contributed by atoms with van der Waals surface area (Å²) in [7, 11) is 0. The number of benzene rings is 3. The molecular formula is C20H16ClN3O3. The number of para-hydroxylation sites is 1. The molecule has 3 aromatic rings. The van der Waals surface area contributed by atoms with Crippen LogP contribution in [0.15, 0.2) is 71.8 Å². The maximum absolute atomic E-state index is 11.3. The van der Waals surface area contributed by atoms with E-state index in [9.17, 15) is 15.2 Å². The van der Waals surface area contributed by atoms with E-state index in [1.807, 2.05) is 48.5 Å². The molecule has 6 nitrogen and oxygen atoms in total. The van der Waals surface area contributed by atoms with Crippen molar-refractivity contribution in [3.8, 4) is 5.75 Å². The predicted octanol–water partition coefficient (Wildman–Crippen LogP) is 4.99. The van der Waals surface area contributed by atoms with Crippen molar-refractivity contribution in [2.24, 2.45) is 5.10 Å². The van der Waals surface area contributed by atoms with Gasteiger partial charge in [-0.3, -0.25) is 15.5 Å². The van der Waals surface area contributed by atoms with Crippen LogP contribution in [0.2, 0.25) is 5.02 Å². The SMILES string of the molecule is O=[N+]([O-])c1cc(Cc2ccccc2Cl)cc(/C=N/Nc2ccccc2)c1O. The molecule has 0 aliphatic rings. The lowest BCUT2D eigenvalue weighted by molar-refractivity contribution is -0.385. The lowest BCUT2D eigenvalue weighted by Gasteiger charge is -2.08. The number of hydrogen-bond acceptors (Lipinski definition) is 5. The van der Waals surface area contributed by atoms with Gasteiger partial charge in [0, 0.05) is 16.7 Å². The highest BCUT2D eigenvalue weighted by molar-refractivity contribution is 6.31. The van der Waals surface area contributed by atoms with Gasteiger partial charge in [-0.25, -0.2) is 0 Å². The normalized spacial score (nSPS) is 10.9. The van der Waals surface area contributed by atoms with Gasteiger partial charge < -0.3 is 5.11 Å². The summed E-state index contributed by atoms with van der Waals surface area (Å²) < 4.78 is 0. The van der Waals surface area contributed by atoms with E-state index in [2.05, 4.69) is 10.5 Å². The van der Waals surface area contributed by atoms with Crippen molar-refractivity contribution in [3.63, 3.8) is 0 Å². The summed E-state index contributed by atoms with van der Waals surface area (Å²) in [6.07, 6.45) is 1.75. The van der Waals surface area contributed by atoms with Crippen LogP contribution in [0.1, 0.15) is 16.7 Å². The molecule has 0 bridgehead atoms. The average Bonchev–Trinajstić information content (AvgIpc) is 2.66. The molecule has 0 aliphatic carbocycles. The third kappa shape index (κ3) is 4.62. The van der Waals surface area contributed by atoms with Crippen LogP contribution in [0.5, 0.6) is 5.75 Å². The number of anilines is 1. The molecule has 0 saturated carbocycles. The first-order chi connectivity index (χ1) is 13.0. The van der Waals surface area contributed by atoms with Gasteiger partial charge in [0.15, 0.2) is 0 Å². The van der Waals surface area contributed by atoms with Crippen LogP contribution < -0.4 is 5.43 Å². The summed E-state index contributed by atoms with van der Waals surface area (Å²) in [5.41, 5.74) is 4.93. The standard InChI is InChI=1S/C20H16ClN3O3/c21-18-9-5-4-6-15(18)10-14-11-16(20(25)19(12-14)24(26)27)13-22-23-17-7-2-1-3-8-17/h1-9,11-13,23,25H,10H2/b22-13+. The summed E-state index contributed by atoms with van der Waals surface area (Å²) in [5.74, 6) is -0.429. The maximum atomic E-state index is 11.3. The minimum atomic E-state index is -0.618. The number of phenols is 1. The highest BCUT2D eigenvalue weighted by Crippen LogP contribution is 2.32. The van der Waals surface area contributed by atoms with E-state index in [1.165, 1.54) is 12.3 Å². The first-order valence-electron chi connectivity index (χ1n) is 8.12. The third-order valence-corrected chi connectivity index (χ3v) is 4.27. The molecule has 136 valence electrons. The fourth-order valence-electron chi connectivity index (χ4n) is 2.59. The minimum Gasteiger partial charge on any atom is -0.502 e. The Bertz CT molecular complexity index is 991. The first-order valence-corrected chi connectivity index (χ1v) is 8.50. The topological polar surface area (TPSA) is 87.8 Å². The Labute approximate surface area is 160 Å². The van der Waals surface area contributed by atoms with Crippen molar-refractivity contribution in [2.75, 3.05) is 5.43 Å². The van der Waals surface area contributed by atoms with E-state index in [0.29, 0.717) is 17.0 Å². The largest absolute Gasteiger partial charge is 0.502 e. The maximum Gasteiger partial charge on any atom is 0.311 e. The third-order valence-electron chi connectivity index (χ3n) is 3.90. The van der Waals surface area contributed by atoms with Crippen molar-refractivity contribution < 1.29 is 10.0 Å². The first kappa shape index (κ1) is 18.4. The van der Waals surface area contributed by atoms with Crippen LogP contribution in [0.3, 0.4) is 0 Å². The fourth-order valence-corrected chi connectivity index (χ4v) is 2.79. The summed E-state index contributed by atoms with van der Waals surface area (Å²) in [5, 5.41) is 26.1. The molecule has 0 aliphatic heterocycles. The lowest BCUT2D eigenvalue weighted by Crippen LogP contribution is -1.98. The second-order valence-electron chi connectivity index (χ2n) is 5.81. The molecule has 7 heteroatoms. The number of nitrogens with one attached hydrogen (secondary N) is 1. The van der Waals surface area contributed by atoms with Gasteiger partial charge in [-0.05, 0) is 41.8 Å². The Morgan fingerprint density at radius 2 is 1.81 bits per heavy atom. The molecule has 0 amide bonds. The van der Waals surface area contributed by atoms with E-state index in [0.717, 1.165) is 11.3 Å². The van der Waals surface area contributed by atoms with Gasteiger partial charge in [0.1, 0.15) is 0 Å². The van der Waals surface area contributed by atoms with Crippen LogP contribution >= 0.6 is 11.6 Å². The van der Waals surface area contributed by atoms with Crippen molar-refractivity contribution >= 4 is 29.2 Å². The van der Waals surface area contributed by atoms with Crippen LogP contribution in [0.25, 0.3) is 0 Å². The van der Waals surface area contributed by atoms with Crippen molar-refractivity contribution in [2.45, 2.75) is 6.42 Å². The number of nitro benzene ring substituents is 1. The number of rotatable bonds is 6. The number of phenolic OH excluding ortho intramolecular Hbond substituents is 1. The quantitative estimate of drug-likeness (QED) is 0.357. The summed E-state index contributed by atoms with van der Waals surface area (Å²) in [6, 6.07) is 19.5. The zero-order chi connectivity index (χ0) is 19.2. The molecule has 0 fully saturated rings. The highest BCUT2D eigenvalue weighted by atomic mass is 35.5. The zero-order valence-corrected chi connectivity index (χ0v) is 14.9. The molecular weight excluding hydrogens is 366 g/mol. The smallest absolute Gasteiger partial charge is 0.311 e. The minimum absolute atomic E-state index is 0.245. The Hall–Kier alpha value is -3.38. The lowest BCUT2D eigenvalue weighted by atomic mass is 10.0. The number of halogens is 1. The molecule has 0 saturated heterocycles. The van der Waals surface area contributed by atoms with Crippen LogP contribution in [-0.4, -0.2) is 16.2 Å². The molecule has 3 rings (SSSR count). The van der Waals surface area contributed by atoms with Gasteiger partial charge in [0.05, 0.1) is 16.8 Å². The second kappa shape index (κ2) is 8.33. The van der Waals surface area contributed by atoms with E-state index in [-0.39, 0.29) is 11.3 Å². The van der Waals surface area contributed by atoms with Crippen molar-refractivity contribution in [3.05, 3.63) is 98.6 Å². The summed E-state index contributed by atoms with van der Waals surface area (Å²) in [6.45, 7) is 0. The van der Waals surface area contributed by atoms with Crippen LogP contribution in [0.4, 0.5) is 11.4 Å². The van der Waals surface area contributed by atoms with Crippen LogP contribution in [0, 0.1) is 10.1 Å². The predicted molar refractivity (Wildman–Crippen MR) is 107 cm³/mol. The van der Waals surface area contributed by atoms with Gasteiger partial charge in [-0.2, -0.15) is 5.10 Å². The van der Waals surface area contributed by atoms with Gasteiger partial charge in [-0.15, -0.1) is 0 Å². The molecule has 27 heavy (non-hydrogen) atoms.